The molecule has 0 radical (unpaired) electrons. The average molecular weight is 606 g/mol. The molecule has 4 aromatic rings. The third kappa shape index (κ3) is 5.32. The van der Waals surface area contributed by atoms with E-state index in [1.165, 1.54) is 17.7 Å². The monoisotopic (exact) mass is 605 g/mol. The second-order valence-corrected chi connectivity index (χ2v) is 12.0. The zero-order chi connectivity index (χ0) is 29.7. The van der Waals surface area contributed by atoms with Gasteiger partial charge in [0.2, 0.25) is 0 Å². The standard InChI is InChI=1S/C32H33ClFN5O4/c1-37-27(23-6-5-20(33)15-24(23)34)18-43-28-4-2-3-22(30(28)37)19-9-12-38(13-10-19)17-29-35-25-7-8-26(32(40)41)36-31(25)39(29)16-21-11-14-42-21/h2-8,15,19,21,27H,9-14,16-18H2,1H3,(H,40,41)/t21-,27-/m0/s1. The molecule has 224 valence electrons. The van der Waals surface area contributed by atoms with E-state index in [-0.39, 0.29) is 23.7 Å². The molecular formula is C32H33ClFN5O4. The quantitative estimate of drug-likeness (QED) is 0.288. The van der Waals surface area contributed by atoms with Crippen molar-refractivity contribution in [2.75, 3.05) is 38.3 Å². The van der Waals surface area contributed by atoms with Crippen LogP contribution in [-0.2, 0) is 17.8 Å². The van der Waals surface area contributed by atoms with E-state index < -0.39 is 5.97 Å². The summed E-state index contributed by atoms with van der Waals surface area (Å²) in [7, 11) is 2.01. The number of rotatable bonds is 7. The van der Waals surface area contributed by atoms with Crippen LogP contribution < -0.4 is 9.64 Å². The number of likely N-dealkylation sites (tertiary alicyclic amines) is 1. The Bertz CT molecular complexity index is 1680. The summed E-state index contributed by atoms with van der Waals surface area (Å²) in [5, 5.41) is 9.87. The summed E-state index contributed by atoms with van der Waals surface area (Å²) in [6.07, 6.45) is 2.97. The molecule has 43 heavy (non-hydrogen) atoms. The first-order chi connectivity index (χ1) is 20.9. The van der Waals surface area contributed by atoms with Crippen LogP contribution in [0.25, 0.3) is 11.2 Å². The molecule has 0 spiro atoms. The Morgan fingerprint density at radius 1 is 1.09 bits per heavy atom. The Morgan fingerprint density at radius 2 is 1.91 bits per heavy atom. The van der Waals surface area contributed by atoms with Gasteiger partial charge in [-0.25, -0.2) is 19.2 Å². The van der Waals surface area contributed by atoms with Gasteiger partial charge in [-0.3, -0.25) is 4.90 Å². The Balaban J connectivity index is 1.09. The van der Waals surface area contributed by atoms with Gasteiger partial charge in [0.15, 0.2) is 11.3 Å². The maximum absolute atomic E-state index is 14.9. The van der Waals surface area contributed by atoms with Crippen molar-refractivity contribution in [2.45, 2.75) is 50.4 Å². The van der Waals surface area contributed by atoms with Crippen LogP contribution >= 0.6 is 11.6 Å². The highest BCUT2D eigenvalue weighted by Gasteiger charge is 2.33. The van der Waals surface area contributed by atoms with Gasteiger partial charge in [-0.1, -0.05) is 29.8 Å². The number of nitrogens with zero attached hydrogens (tertiary/aromatic N) is 5. The molecule has 2 fully saturated rings. The maximum atomic E-state index is 14.9. The fourth-order valence-corrected chi connectivity index (χ4v) is 6.74. The SMILES string of the molecule is CN1c2c(cccc2C2CCN(Cc3nc4ccc(C(=O)O)nc4n3C[C@@H]3CCO3)CC2)OC[C@H]1c1ccc(Cl)cc1F. The van der Waals surface area contributed by atoms with E-state index in [0.717, 1.165) is 56.2 Å². The number of anilines is 1. The topological polar surface area (TPSA) is 93.0 Å². The molecule has 5 heterocycles. The maximum Gasteiger partial charge on any atom is 0.354 e. The van der Waals surface area contributed by atoms with Gasteiger partial charge in [-0.2, -0.15) is 0 Å². The lowest BCUT2D eigenvalue weighted by Crippen LogP contribution is -2.37. The molecule has 9 nitrogen and oxygen atoms in total. The molecule has 0 amide bonds. The van der Waals surface area contributed by atoms with Crippen LogP contribution in [0.15, 0.2) is 48.5 Å². The number of benzene rings is 2. The number of hydrogen-bond donors (Lipinski definition) is 1. The van der Waals surface area contributed by atoms with E-state index in [2.05, 4.69) is 20.9 Å². The van der Waals surface area contributed by atoms with Crippen LogP contribution in [0, 0.1) is 5.82 Å². The van der Waals surface area contributed by atoms with Crippen LogP contribution in [0.1, 0.15) is 58.7 Å². The van der Waals surface area contributed by atoms with E-state index in [0.29, 0.717) is 47.4 Å². The summed E-state index contributed by atoms with van der Waals surface area (Å²) in [4.78, 5) is 25.4. The highest BCUT2D eigenvalue weighted by Crippen LogP contribution is 2.46. The van der Waals surface area contributed by atoms with E-state index >= 15 is 0 Å². The van der Waals surface area contributed by atoms with Gasteiger partial charge in [0.05, 0.1) is 30.9 Å². The Labute approximate surface area is 253 Å². The summed E-state index contributed by atoms with van der Waals surface area (Å²) in [6, 6.07) is 14.0. The van der Waals surface area contributed by atoms with Crippen LogP contribution in [0.3, 0.4) is 0 Å². The number of carboxylic acid groups (broad SMARTS) is 1. The van der Waals surface area contributed by atoms with Gasteiger partial charge >= 0.3 is 5.97 Å². The lowest BCUT2D eigenvalue weighted by Gasteiger charge is -2.40. The zero-order valence-corrected chi connectivity index (χ0v) is 24.6. The van der Waals surface area contributed by atoms with Crippen LogP contribution in [-0.4, -0.2) is 70.0 Å². The van der Waals surface area contributed by atoms with Crippen molar-refractivity contribution in [1.82, 2.24) is 19.4 Å². The lowest BCUT2D eigenvalue weighted by molar-refractivity contribution is -0.0593. The van der Waals surface area contributed by atoms with Crippen LogP contribution in [0.5, 0.6) is 5.75 Å². The second-order valence-electron chi connectivity index (χ2n) is 11.6. The third-order valence-electron chi connectivity index (χ3n) is 9.03. The summed E-state index contributed by atoms with van der Waals surface area (Å²) in [6.45, 7) is 4.12. The predicted molar refractivity (Wildman–Crippen MR) is 161 cm³/mol. The number of aromatic carboxylic acids is 1. The number of carboxylic acids is 1. The molecule has 3 aliphatic rings. The number of carbonyl (C=O) groups is 1. The van der Waals surface area contributed by atoms with Gasteiger partial charge < -0.3 is 24.0 Å². The Morgan fingerprint density at radius 3 is 2.63 bits per heavy atom. The summed E-state index contributed by atoms with van der Waals surface area (Å²) >= 11 is 6.02. The van der Waals surface area contributed by atoms with Crippen molar-refractivity contribution in [3.63, 3.8) is 0 Å². The summed E-state index contributed by atoms with van der Waals surface area (Å²) in [5.41, 5.74) is 4.11. The van der Waals surface area contributed by atoms with Gasteiger partial charge in [0.25, 0.3) is 0 Å². The van der Waals surface area contributed by atoms with Crippen molar-refractivity contribution in [2.24, 2.45) is 0 Å². The highest BCUT2D eigenvalue weighted by molar-refractivity contribution is 6.30. The number of piperidine rings is 1. The van der Waals surface area contributed by atoms with Gasteiger partial charge in [-0.15, -0.1) is 0 Å². The second kappa shape index (κ2) is 11.4. The van der Waals surface area contributed by atoms with Crippen molar-refractivity contribution in [1.29, 1.82) is 0 Å². The molecular weight excluding hydrogens is 573 g/mol. The number of imidazole rings is 1. The largest absolute Gasteiger partial charge is 0.489 e. The molecule has 2 aromatic heterocycles. The van der Waals surface area contributed by atoms with Crippen molar-refractivity contribution >= 4 is 34.4 Å². The minimum absolute atomic E-state index is 0.0109. The highest BCUT2D eigenvalue weighted by atomic mass is 35.5. The number of ether oxygens (including phenoxy) is 2. The number of aromatic nitrogens is 3. The van der Waals surface area contributed by atoms with E-state index in [4.69, 9.17) is 26.1 Å². The van der Waals surface area contributed by atoms with E-state index in [9.17, 15) is 14.3 Å². The molecule has 2 saturated heterocycles. The van der Waals surface area contributed by atoms with Crippen LogP contribution in [0.4, 0.5) is 10.1 Å². The number of pyridine rings is 1. The van der Waals surface area contributed by atoms with Crippen molar-refractivity contribution in [3.8, 4) is 5.75 Å². The summed E-state index contributed by atoms with van der Waals surface area (Å²) in [5.74, 6) is 0.645. The minimum Gasteiger partial charge on any atom is -0.489 e. The van der Waals surface area contributed by atoms with Gasteiger partial charge in [0.1, 0.15) is 29.5 Å². The van der Waals surface area contributed by atoms with Crippen molar-refractivity contribution in [3.05, 3.63) is 82.0 Å². The molecule has 1 N–H and O–H groups in total. The van der Waals surface area contributed by atoms with Gasteiger partial charge in [-0.05, 0) is 74.2 Å². The first kappa shape index (κ1) is 28.1. The zero-order valence-electron chi connectivity index (χ0n) is 23.9. The first-order valence-corrected chi connectivity index (χ1v) is 15.1. The molecule has 0 saturated carbocycles. The third-order valence-corrected chi connectivity index (χ3v) is 9.27. The molecule has 0 unspecified atom stereocenters. The predicted octanol–water partition coefficient (Wildman–Crippen LogP) is 5.66. The molecule has 0 aliphatic carbocycles. The Hall–Kier alpha value is -3.73. The van der Waals surface area contributed by atoms with Crippen LogP contribution in [0.2, 0.25) is 5.02 Å². The summed E-state index contributed by atoms with van der Waals surface area (Å²) < 4.78 is 28.8. The molecule has 2 aromatic carbocycles. The van der Waals surface area contributed by atoms with E-state index in [1.54, 1.807) is 18.2 Å². The molecule has 11 heteroatoms. The number of fused-ring (bicyclic) bond motifs is 2. The van der Waals surface area contributed by atoms with E-state index in [1.807, 2.05) is 23.7 Å². The number of hydrogen-bond acceptors (Lipinski definition) is 7. The number of likely N-dealkylation sites (N-methyl/N-ethyl adjacent to an activating group) is 1. The number of halogens is 2. The lowest BCUT2D eigenvalue weighted by atomic mass is 9.87. The number of para-hydroxylation sites is 1. The fourth-order valence-electron chi connectivity index (χ4n) is 6.58. The molecule has 0 bridgehead atoms. The average Bonchev–Trinajstić information content (AvgIpc) is 3.31. The van der Waals surface area contributed by atoms with Gasteiger partial charge in [0, 0.05) is 24.2 Å². The fraction of sp³-hybridized carbons (Fsp3) is 0.406. The molecule has 3 aliphatic heterocycles. The smallest absolute Gasteiger partial charge is 0.354 e. The normalized spacial score (nSPS) is 21.0. The van der Waals surface area contributed by atoms with Crippen molar-refractivity contribution < 1.29 is 23.8 Å². The minimum atomic E-state index is -1.05. The molecule has 7 rings (SSSR count). The first-order valence-electron chi connectivity index (χ1n) is 14.7. The molecule has 2 atom stereocenters. The Kier molecular flexibility index (Phi) is 7.44.